The third-order valence-electron chi connectivity index (χ3n) is 6.17. The summed E-state index contributed by atoms with van der Waals surface area (Å²) in [5.74, 6) is -2.56. The first-order valence-corrected chi connectivity index (χ1v) is 12.7. The molecule has 2 aromatic rings. The normalized spacial score (nSPS) is 16.8. The Balaban J connectivity index is 1.87. The van der Waals surface area contributed by atoms with E-state index in [-0.39, 0.29) is 30.0 Å². The lowest BCUT2D eigenvalue weighted by atomic mass is 9.90. The second kappa shape index (κ2) is 13.9. The van der Waals surface area contributed by atoms with Gasteiger partial charge >= 0.3 is 0 Å². The second-order valence-electron chi connectivity index (χ2n) is 9.21. The van der Waals surface area contributed by atoms with E-state index in [1.54, 1.807) is 13.8 Å². The zero-order chi connectivity index (χ0) is 28.4. The van der Waals surface area contributed by atoms with E-state index < -0.39 is 41.5 Å². The summed E-state index contributed by atoms with van der Waals surface area (Å²) in [5, 5.41) is 24.0. The fourth-order valence-corrected chi connectivity index (χ4v) is 4.21. The van der Waals surface area contributed by atoms with Crippen molar-refractivity contribution in [1.29, 1.82) is 5.26 Å². The number of nitriles is 1. The molecule has 0 radical (unpaired) electrons. The summed E-state index contributed by atoms with van der Waals surface area (Å²) in [6.45, 7) is 4.18. The first-order valence-electron chi connectivity index (χ1n) is 12.7. The second-order valence-corrected chi connectivity index (χ2v) is 9.21. The molecule has 1 fully saturated rings. The topological polar surface area (TPSA) is 166 Å². The van der Waals surface area contributed by atoms with Crippen LogP contribution in [0, 0.1) is 30.0 Å². The number of likely N-dealkylation sites (N-methyl/N-ethyl adjacent to an activating group) is 1. The van der Waals surface area contributed by atoms with Crippen molar-refractivity contribution < 1.29 is 28.1 Å². The average molecular weight is 539 g/mol. The maximum atomic E-state index is 13.5. The van der Waals surface area contributed by atoms with Crippen LogP contribution in [0.25, 0.3) is 0 Å². The standard InChI is InChI=1S/C27H31FN6O5/c1-3-30-25(36)19(15-29)14-21(13-18-5-4-10-31-24(18)35)32-26(37)22(12-17-6-8-20(28)9-7-17)33-27(38)23-11-16(2)39-34-23/h6-9,11,14,18,21-22H,3-5,10,12-13H2,1-2H3,(H,30,36)(H,31,35)(H,32,37)(H,33,38). The number of aromatic nitrogens is 1. The highest BCUT2D eigenvalue weighted by Crippen LogP contribution is 2.19. The number of amides is 4. The molecule has 3 rings (SSSR count). The van der Waals surface area contributed by atoms with E-state index in [0.717, 1.165) is 6.42 Å². The summed E-state index contributed by atoms with van der Waals surface area (Å²) < 4.78 is 18.4. The quantitative estimate of drug-likeness (QED) is 0.248. The molecule has 4 N–H and O–H groups in total. The van der Waals surface area contributed by atoms with Crippen LogP contribution in [0.15, 0.2) is 46.5 Å². The molecule has 1 aliphatic heterocycles. The summed E-state index contributed by atoms with van der Waals surface area (Å²) in [6.07, 6.45) is 2.81. The van der Waals surface area contributed by atoms with Crippen LogP contribution in [-0.2, 0) is 20.8 Å². The number of benzene rings is 1. The van der Waals surface area contributed by atoms with Crippen LogP contribution in [0.5, 0.6) is 0 Å². The highest BCUT2D eigenvalue weighted by molar-refractivity contribution is 5.98. The Morgan fingerprint density at radius 1 is 1.28 bits per heavy atom. The monoisotopic (exact) mass is 538 g/mol. The van der Waals surface area contributed by atoms with Gasteiger partial charge in [-0.15, -0.1) is 0 Å². The minimum Gasteiger partial charge on any atom is -0.361 e. The molecule has 1 aromatic heterocycles. The zero-order valence-corrected chi connectivity index (χ0v) is 21.8. The molecule has 2 heterocycles. The largest absolute Gasteiger partial charge is 0.361 e. The Labute approximate surface area is 225 Å². The summed E-state index contributed by atoms with van der Waals surface area (Å²) >= 11 is 0. The molecule has 0 spiro atoms. The Morgan fingerprint density at radius 2 is 2.03 bits per heavy atom. The van der Waals surface area contributed by atoms with Crippen LogP contribution in [-0.4, -0.2) is 54.0 Å². The number of nitrogens with zero attached hydrogens (tertiary/aromatic N) is 2. The van der Waals surface area contributed by atoms with E-state index in [9.17, 15) is 28.8 Å². The minimum absolute atomic E-state index is 0.0104. The van der Waals surface area contributed by atoms with Crippen molar-refractivity contribution in [2.75, 3.05) is 13.1 Å². The minimum atomic E-state index is -1.13. The van der Waals surface area contributed by atoms with Crippen molar-refractivity contribution in [1.82, 2.24) is 26.4 Å². The predicted molar refractivity (Wildman–Crippen MR) is 137 cm³/mol. The zero-order valence-electron chi connectivity index (χ0n) is 21.8. The van der Waals surface area contributed by atoms with E-state index in [1.165, 1.54) is 36.4 Å². The summed E-state index contributed by atoms with van der Waals surface area (Å²) in [7, 11) is 0. The van der Waals surface area contributed by atoms with Crippen molar-refractivity contribution in [2.24, 2.45) is 5.92 Å². The molecule has 0 bridgehead atoms. The number of nitrogens with one attached hydrogen (secondary N) is 4. The van der Waals surface area contributed by atoms with Crippen molar-refractivity contribution in [2.45, 2.75) is 51.6 Å². The maximum Gasteiger partial charge on any atom is 0.274 e. The van der Waals surface area contributed by atoms with Gasteiger partial charge in [-0.3, -0.25) is 19.2 Å². The predicted octanol–water partition coefficient (Wildman–Crippen LogP) is 1.45. The molecular weight excluding hydrogens is 507 g/mol. The van der Waals surface area contributed by atoms with Crippen LogP contribution >= 0.6 is 0 Å². The molecule has 3 unspecified atom stereocenters. The van der Waals surface area contributed by atoms with Crippen molar-refractivity contribution in [3.8, 4) is 6.07 Å². The molecular formula is C27H31FN6O5. The molecule has 1 aromatic carbocycles. The summed E-state index contributed by atoms with van der Waals surface area (Å²) in [4.78, 5) is 51.1. The van der Waals surface area contributed by atoms with Gasteiger partial charge in [-0.2, -0.15) is 5.26 Å². The first-order chi connectivity index (χ1) is 18.7. The lowest BCUT2D eigenvalue weighted by Crippen LogP contribution is -2.51. The smallest absolute Gasteiger partial charge is 0.274 e. The molecule has 0 aliphatic carbocycles. The van der Waals surface area contributed by atoms with Crippen LogP contribution in [0.4, 0.5) is 4.39 Å². The Bertz CT molecular complexity index is 1270. The van der Waals surface area contributed by atoms with Gasteiger partial charge < -0.3 is 25.8 Å². The number of piperidine rings is 1. The molecule has 11 nitrogen and oxygen atoms in total. The SMILES string of the molecule is CCNC(=O)C(C#N)=CC(CC1CCCNC1=O)NC(=O)C(Cc1ccc(F)cc1)NC(=O)c1cc(C)on1. The van der Waals surface area contributed by atoms with Gasteiger partial charge in [-0.05, 0) is 56.9 Å². The molecule has 1 aliphatic rings. The van der Waals surface area contributed by atoms with E-state index in [2.05, 4.69) is 26.4 Å². The van der Waals surface area contributed by atoms with Gasteiger partial charge in [0.15, 0.2) is 5.69 Å². The Kier molecular flexibility index (Phi) is 10.3. The molecule has 1 saturated heterocycles. The van der Waals surface area contributed by atoms with E-state index >= 15 is 0 Å². The molecule has 3 atom stereocenters. The Morgan fingerprint density at radius 3 is 2.64 bits per heavy atom. The number of rotatable bonds is 11. The van der Waals surface area contributed by atoms with E-state index in [4.69, 9.17) is 4.52 Å². The van der Waals surface area contributed by atoms with E-state index in [1.807, 2.05) is 6.07 Å². The van der Waals surface area contributed by atoms with Crippen LogP contribution in [0.2, 0.25) is 0 Å². The van der Waals surface area contributed by atoms with Gasteiger partial charge in [0.25, 0.3) is 11.8 Å². The average Bonchev–Trinajstić information content (AvgIpc) is 3.35. The molecule has 4 amide bonds. The van der Waals surface area contributed by atoms with Crippen LogP contribution < -0.4 is 21.3 Å². The third kappa shape index (κ3) is 8.49. The fraction of sp³-hybridized carbons (Fsp3) is 0.407. The highest BCUT2D eigenvalue weighted by Gasteiger charge is 2.29. The van der Waals surface area contributed by atoms with Gasteiger partial charge in [0, 0.05) is 37.5 Å². The number of halogens is 1. The maximum absolute atomic E-state index is 13.5. The van der Waals surface area contributed by atoms with Crippen LogP contribution in [0.1, 0.15) is 48.0 Å². The molecule has 39 heavy (non-hydrogen) atoms. The summed E-state index contributed by atoms with van der Waals surface area (Å²) in [6, 6.07) is 6.73. The number of hydrogen-bond donors (Lipinski definition) is 4. The first kappa shape index (κ1) is 29.0. The number of carbonyl (C=O) groups excluding carboxylic acids is 4. The van der Waals surface area contributed by atoms with Gasteiger partial charge in [0.05, 0.1) is 0 Å². The highest BCUT2D eigenvalue weighted by atomic mass is 19.1. The lowest BCUT2D eigenvalue weighted by Gasteiger charge is -2.27. The van der Waals surface area contributed by atoms with Crippen molar-refractivity contribution >= 4 is 23.6 Å². The number of carbonyl (C=O) groups is 4. The lowest BCUT2D eigenvalue weighted by molar-refractivity contribution is -0.128. The van der Waals surface area contributed by atoms with Crippen molar-refractivity contribution in [3.63, 3.8) is 0 Å². The van der Waals surface area contributed by atoms with Gasteiger partial charge in [0.1, 0.15) is 29.3 Å². The number of hydrogen-bond acceptors (Lipinski definition) is 7. The number of aryl methyl sites for hydroxylation is 1. The van der Waals surface area contributed by atoms with Crippen LogP contribution in [0.3, 0.4) is 0 Å². The molecule has 206 valence electrons. The van der Waals surface area contributed by atoms with Gasteiger partial charge in [-0.25, -0.2) is 4.39 Å². The van der Waals surface area contributed by atoms with Crippen molar-refractivity contribution in [3.05, 3.63) is 64.8 Å². The summed E-state index contributed by atoms with van der Waals surface area (Å²) in [5.41, 5.74) is 0.338. The fourth-order valence-electron chi connectivity index (χ4n) is 4.21. The molecule has 0 saturated carbocycles. The van der Waals surface area contributed by atoms with E-state index in [0.29, 0.717) is 30.8 Å². The Hall–Kier alpha value is -4.53. The molecule has 12 heteroatoms. The van der Waals surface area contributed by atoms with Gasteiger partial charge in [0.2, 0.25) is 11.8 Å². The van der Waals surface area contributed by atoms with Gasteiger partial charge in [-0.1, -0.05) is 17.3 Å². The third-order valence-corrected chi connectivity index (χ3v) is 6.17.